The molecule has 2 rings (SSSR count). The third kappa shape index (κ3) is 2.35. The molecule has 4 nitrogen and oxygen atoms in total. The van der Waals surface area contributed by atoms with Crippen molar-refractivity contribution in [3.63, 3.8) is 0 Å². The van der Waals surface area contributed by atoms with E-state index in [0.29, 0.717) is 5.82 Å². The topological polar surface area (TPSA) is 50.7 Å². The van der Waals surface area contributed by atoms with Crippen LogP contribution < -0.4 is 5.32 Å². The molecule has 0 amide bonds. The van der Waals surface area contributed by atoms with Crippen LogP contribution in [0.25, 0.3) is 11.5 Å². The third-order valence-corrected chi connectivity index (χ3v) is 1.98. The van der Waals surface area contributed by atoms with Crippen LogP contribution in [0.15, 0.2) is 36.8 Å². The van der Waals surface area contributed by atoms with Crippen LogP contribution in [0, 0.1) is 0 Å². The van der Waals surface area contributed by atoms with Gasteiger partial charge in [0, 0.05) is 30.7 Å². The Labute approximate surface area is 88.4 Å². The quantitative estimate of drug-likeness (QED) is 0.810. The summed E-state index contributed by atoms with van der Waals surface area (Å²) in [5.41, 5.74) is 1.87. The van der Waals surface area contributed by atoms with Crippen LogP contribution in [0.5, 0.6) is 0 Å². The molecule has 0 spiro atoms. The van der Waals surface area contributed by atoms with Gasteiger partial charge in [0.15, 0.2) is 5.82 Å². The van der Waals surface area contributed by atoms with Gasteiger partial charge in [-0.1, -0.05) is 6.07 Å². The van der Waals surface area contributed by atoms with E-state index in [1.165, 1.54) is 0 Å². The zero-order chi connectivity index (χ0) is 10.5. The molecule has 1 N–H and O–H groups in total. The summed E-state index contributed by atoms with van der Waals surface area (Å²) >= 11 is 0. The summed E-state index contributed by atoms with van der Waals surface area (Å²) in [6, 6.07) is 5.69. The van der Waals surface area contributed by atoms with E-state index in [1.54, 1.807) is 6.20 Å². The van der Waals surface area contributed by atoms with Gasteiger partial charge in [0.1, 0.15) is 5.69 Å². The fourth-order valence-corrected chi connectivity index (χ4v) is 1.28. The molecular weight excluding hydrogens is 188 g/mol. The first-order valence-corrected chi connectivity index (χ1v) is 4.77. The van der Waals surface area contributed by atoms with E-state index in [0.717, 1.165) is 17.8 Å². The first-order chi connectivity index (χ1) is 7.40. The highest BCUT2D eigenvalue weighted by molar-refractivity contribution is 5.47. The summed E-state index contributed by atoms with van der Waals surface area (Å²) in [7, 11) is 1.90. The second kappa shape index (κ2) is 4.61. The maximum atomic E-state index is 4.25. The molecule has 0 aliphatic rings. The van der Waals surface area contributed by atoms with Gasteiger partial charge in [0.25, 0.3) is 0 Å². The van der Waals surface area contributed by atoms with Gasteiger partial charge in [0.2, 0.25) is 0 Å². The van der Waals surface area contributed by atoms with Gasteiger partial charge in [-0.25, -0.2) is 9.97 Å². The average molecular weight is 200 g/mol. The van der Waals surface area contributed by atoms with E-state index >= 15 is 0 Å². The molecule has 2 aromatic heterocycles. The number of nitrogens with zero attached hydrogens (tertiary/aromatic N) is 3. The number of pyridine rings is 1. The van der Waals surface area contributed by atoms with E-state index in [-0.39, 0.29) is 0 Å². The molecule has 4 heteroatoms. The van der Waals surface area contributed by atoms with Crippen molar-refractivity contribution < 1.29 is 0 Å². The van der Waals surface area contributed by atoms with Crippen molar-refractivity contribution in [2.24, 2.45) is 0 Å². The van der Waals surface area contributed by atoms with E-state index in [9.17, 15) is 0 Å². The molecule has 76 valence electrons. The number of aromatic nitrogens is 3. The van der Waals surface area contributed by atoms with Crippen LogP contribution in [0.4, 0.5) is 0 Å². The number of hydrogen-bond donors (Lipinski definition) is 1. The van der Waals surface area contributed by atoms with Gasteiger partial charge in [-0.3, -0.25) is 4.98 Å². The lowest BCUT2D eigenvalue weighted by Crippen LogP contribution is -2.06. The van der Waals surface area contributed by atoms with Gasteiger partial charge in [-0.15, -0.1) is 0 Å². The van der Waals surface area contributed by atoms with E-state index < -0.39 is 0 Å². The van der Waals surface area contributed by atoms with Gasteiger partial charge in [0.05, 0.1) is 0 Å². The summed E-state index contributed by atoms with van der Waals surface area (Å²) in [6.07, 6.45) is 5.36. The molecule has 0 radical (unpaired) electrons. The fourth-order valence-electron chi connectivity index (χ4n) is 1.28. The molecule has 0 atom stereocenters. The monoisotopic (exact) mass is 200 g/mol. The minimum atomic E-state index is 0.662. The molecule has 15 heavy (non-hydrogen) atoms. The predicted octanol–water partition coefficient (Wildman–Crippen LogP) is 1.26. The molecule has 0 unspecified atom stereocenters. The largest absolute Gasteiger partial charge is 0.316 e. The lowest BCUT2D eigenvalue weighted by molar-refractivity contribution is 0.807. The SMILES string of the molecule is CNCc1cnc(-c2ccccn2)nc1. The van der Waals surface area contributed by atoms with Crippen molar-refractivity contribution >= 4 is 0 Å². The minimum Gasteiger partial charge on any atom is -0.316 e. The van der Waals surface area contributed by atoms with Gasteiger partial charge >= 0.3 is 0 Å². The smallest absolute Gasteiger partial charge is 0.178 e. The molecule has 0 aromatic carbocycles. The van der Waals surface area contributed by atoms with Crippen molar-refractivity contribution in [3.8, 4) is 11.5 Å². The Morgan fingerprint density at radius 3 is 2.53 bits per heavy atom. The average Bonchev–Trinajstić information content (AvgIpc) is 2.32. The van der Waals surface area contributed by atoms with Crippen LogP contribution in [0.2, 0.25) is 0 Å². The zero-order valence-electron chi connectivity index (χ0n) is 8.51. The van der Waals surface area contributed by atoms with Crippen LogP contribution in [-0.2, 0) is 6.54 Å². The number of nitrogens with one attached hydrogen (secondary N) is 1. The highest BCUT2D eigenvalue weighted by atomic mass is 14.9. The Morgan fingerprint density at radius 1 is 1.13 bits per heavy atom. The first kappa shape index (κ1) is 9.73. The molecular formula is C11H12N4. The van der Waals surface area contributed by atoms with Gasteiger partial charge < -0.3 is 5.32 Å². The van der Waals surface area contributed by atoms with E-state index in [2.05, 4.69) is 20.3 Å². The summed E-state index contributed by atoms with van der Waals surface area (Å²) in [5.74, 6) is 0.662. The lowest BCUT2D eigenvalue weighted by atomic mass is 10.3. The van der Waals surface area contributed by atoms with Crippen molar-refractivity contribution in [1.82, 2.24) is 20.3 Å². The summed E-state index contributed by atoms with van der Waals surface area (Å²) < 4.78 is 0. The van der Waals surface area contributed by atoms with Gasteiger partial charge in [-0.2, -0.15) is 0 Å². The zero-order valence-corrected chi connectivity index (χ0v) is 8.51. The Hall–Kier alpha value is -1.81. The van der Waals surface area contributed by atoms with Crippen LogP contribution in [0.1, 0.15) is 5.56 Å². The van der Waals surface area contributed by atoms with Crippen LogP contribution >= 0.6 is 0 Å². The maximum Gasteiger partial charge on any atom is 0.178 e. The summed E-state index contributed by atoms with van der Waals surface area (Å²) in [6.45, 7) is 0.780. The normalized spacial score (nSPS) is 10.2. The summed E-state index contributed by atoms with van der Waals surface area (Å²) in [4.78, 5) is 12.7. The summed E-state index contributed by atoms with van der Waals surface area (Å²) in [5, 5.41) is 3.05. The molecule has 2 heterocycles. The van der Waals surface area contributed by atoms with Gasteiger partial charge in [-0.05, 0) is 19.2 Å². The molecule has 0 saturated heterocycles. The Kier molecular flexibility index (Phi) is 2.99. The van der Waals surface area contributed by atoms with Crippen LogP contribution in [0.3, 0.4) is 0 Å². The Morgan fingerprint density at radius 2 is 1.93 bits per heavy atom. The van der Waals surface area contributed by atoms with Crippen molar-refractivity contribution in [1.29, 1.82) is 0 Å². The second-order valence-electron chi connectivity index (χ2n) is 3.16. The third-order valence-electron chi connectivity index (χ3n) is 1.98. The minimum absolute atomic E-state index is 0.662. The molecule has 0 aliphatic heterocycles. The molecule has 0 aliphatic carbocycles. The molecule has 2 aromatic rings. The van der Waals surface area contributed by atoms with Crippen LogP contribution in [-0.4, -0.2) is 22.0 Å². The second-order valence-corrected chi connectivity index (χ2v) is 3.16. The Balaban J connectivity index is 2.24. The molecule has 0 fully saturated rings. The molecule has 0 bridgehead atoms. The lowest BCUT2D eigenvalue weighted by Gasteiger charge is -2.00. The van der Waals surface area contributed by atoms with Crippen molar-refractivity contribution in [2.75, 3.05) is 7.05 Å². The first-order valence-electron chi connectivity index (χ1n) is 4.77. The van der Waals surface area contributed by atoms with E-state index in [4.69, 9.17) is 0 Å². The highest BCUT2D eigenvalue weighted by Gasteiger charge is 2.00. The maximum absolute atomic E-state index is 4.25. The predicted molar refractivity (Wildman–Crippen MR) is 58.0 cm³/mol. The van der Waals surface area contributed by atoms with Crippen molar-refractivity contribution in [3.05, 3.63) is 42.4 Å². The fraction of sp³-hybridized carbons (Fsp3) is 0.182. The Bertz CT molecular complexity index is 410. The highest BCUT2D eigenvalue weighted by Crippen LogP contribution is 2.09. The standard InChI is InChI=1S/C11H12N4/c1-12-6-9-7-14-11(15-8-9)10-4-2-3-5-13-10/h2-5,7-8,12H,6H2,1H3. The molecule has 0 saturated carbocycles. The van der Waals surface area contributed by atoms with Crippen molar-refractivity contribution in [2.45, 2.75) is 6.54 Å². The number of hydrogen-bond acceptors (Lipinski definition) is 4. The number of rotatable bonds is 3. The van der Waals surface area contributed by atoms with E-state index in [1.807, 2.05) is 37.6 Å².